The normalized spacial score (nSPS) is 24.3. The van der Waals surface area contributed by atoms with E-state index in [0.717, 1.165) is 16.0 Å². The van der Waals surface area contributed by atoms with E-state index in [1.165, 1.54) is 25.3 Å². The zero-order valence-corrected chi connectivity index (χ0v) is 18.7. The number of para-hydroxylation sites is 1. The van der Waals surface area contributed by atoms with Gasteiger partial charge in [0.1, 0.15) is 17.6 Å². The van der Waals surface area contributed by atoms with Crippen LogP contribution in [0.1, 0.15) is 27.5 Å². The Labute approximate surface area is 200 Å². The number of hydrazone groups is 1. The van der Waals surface area contributed by atoms with E-state index in [9.17, 15) is 18.8 Å². The Morgan fingerprint density at radius 1 is 0.914 bits per heavy atom. The van der Waals surface area contributed by atoms with Gasteiger partial charge in [0.05, 0.1) is 36.9 Å². The van der Waals surface area contributed by atoms with E-state index in [0.29, 0.717) is 11.3 Å². The Hall–Kier alpha value is -4.33. The van der Waals surface area contributed by atoms with Gasteiger partial charge in [-0.2, -0.15) is 5.10 Å². The first-order chi connectivity index (χ1) is 17.0. The molecule has 0 saturated carbocycles. The molecule has 0 unspecified atom stereocenters. The van der Waals surface area contributed by atoms with E-state index in [1.807, 2.05) is 24.3 Å². The second-order valence-corrected chi connectivity index (χ2v) is 8.75. The second kappa shape index (κ2) is 7.87. The number of amides is 2. The highest BCUT2D eigenvalue weighted by molar-refractivity contribution is 6.24. The molecule has 3 heterocycles. The quantitative estimate of drug-likeness (QED) is 0.431. The van der Waals surface area contributed by atoms with Crippen molar-refractivity contribution in [3.8, 4) is 5.75 Å². The largest absolute Gasteiger partial charge is 0.497 e. The average Bonchev–Trinajstić information content (AvgIpc) is 3.36. The fourth-order valence-corrected chi connectivity index (χ4v) is 5.47. The van der Waals surface area contributed by atoms with Crippen molar-refractivity contribution in [2.24, 2.45) is 16.9 Å². The minimum absolute atomic E-state index is 0.105. The molecular weight excluding hydrogens is 449 g/mol. The summed E-state index contributed by atoms with van der Waals surface area (Å²) in [6, 6.07) is 18.1. The smallest absolute Gasteiger partial charge is 0.240 e. The molecule has 3 aliphatic heterocycles. The summed E-state index contributed by atoms with van der Waals surface area (Å²) in [5.74, 6) is -3.44. The number of carbonyl (C=O) groups is 3. The first-order valence-electron chi connectivity index (χ1n) is 11.2. The van der Waals surface area contributed by atoms with Gasteiger partial charge in [0.2, 0.25) is 11.8 Å². The van der Waals surface area contributed by atoms with Crippen molar-refractivity contribution in [1.82, 2.24) is 5.01 Å². The van der Waals surface area contributed by atoms with Crippen LogP contribution in [0, 0.1) is 17.7 Å². The van der Waals surface area contributed by atoms with Gasteiger partial charge in [0.25, 0.3) is 0 Å². The lowest BCUT2D eigenvalue weighted by Gasteiger charge is -2.33. The third-order valence-corrected chi connectivity index (χ3v) is 7.03. The number of benzene rings is 3. The summed E-state index contributed by atoms with van der Waals surface area (Å²) < 4.78 is 19.9. The molecule has 8 heteroatoms. The molecule has 7 nitrogen and oxygen atoms in total. The van der Waals surface area contributed by atoms with Crippen LogP contribution >= 0.6 is 0 Å². The summed E-state index contributed by atoms with van der Waals surface area (Å²) in [5, 5.41) is 6.11. The maximum absolute atomic E-state index is 14.7. The molecule has 2 amide bonds. The standard InChI is InChI=1S/C27H20FN3O4/c1-35-17-12-10-15(11-13-17)25(32)24-22-21(23-18-7-3-2-6-16(18)14-29-31(23)24)26(33)30(27(22)34)20-9-5-4-8-19(20)28/h2-14,21-24H,1H3/t21-,22+,23-,24-/m1/s1. The molecule has 0 radical (unpaired) electrons. The van der Waals surface area contributed by atoms with E-state index in [4.69, 9.17) is 4.74 Å². The van der Waals surface area contributed by atoms with Gasteiger partial charge in [-0.15, -0.1) is 0 Å². The van der Waals surface area contributed by atoms with Gasteiger partial charge >= 0.3 is 0 Å². The fraction of sp³-hybridized carbons (Fsp3) is 0.185. The van der Waals surface area contributed by atoms with Crippen LogP contribution in [0.5, 0.6) is 5.75 Å². The Kier molecular flexibility index (Phi) is 4.77. The van der Waals surface area contributed by atoms with Crippen molar-refractivity contribution in [3.05, 3.63) is 95.3 Å². The molecule has 3 aliphatic rings. The van der Waals surface area contributed by atoms with Crippen molar-refractivity contribution >= 4 is 29.5 Å². The Balaban J connectivity index is 1.49. The molecule has 0 aromatic heterocycles. The molecule has 6 rings (SSSR count). The number of ether oxygens (including phenoxy) is 1. The molecule has 2 fully saturated rings. The third kappa shape index (κ3) is 3.02. The molecule has 0 N–H and O–H groups in total. The summed E-state index contributed by atoms with van der Waals surface area (Å²) in [4.78, 5) is 42.2. The Morgan fingerprint density at radius 2 is 1.60 bits per heavy atom. The minimum atomic E-state index is -1.02. The first-order valence-corrected chi connectivity index (χ1v) is 11.2. The Bertz CT molecular complexity index is 1400. The number of anilines is 1. The lowest BCUT2D eigenvalue weighted by molar-refractivity contribution is -0.124. The van der Waals surface area contributed by atoms with Crippen molar-refractivity contribution in [2.45, 2.75) is 12.1 Å². The van der Waals surface area contributed by atoms with E-state index in [-0.39, 0.29) is 11.5 Å². The number of fused-ring (bicyclic) bond motifs is 5. The van der Waals surface area contributed by atoms with Crippen molar-refractivity contribution in [3.63, 3.8) is 0 Å². The van der Waals surface area contributed by atoms with Crippen LogP contribution in [0.2, 0.25) is 0 Å². The molecule has 3 aromatic rings. The number of nitrogens with zero attached hydrogens (tertiary/aromatic N) is 3. The molecule has 0 aliphatic carbocycles. The lowest BCUT2D eigenvalue weighted by atomic mass is 9.83. The number of imide groups is 1. The third-order valence-electron chi connectivity index (χ3n) is 7.03. The van der Waals surface area contributed by atoms with E-state index >= 15 is 0 Å². The summed E-state index contributed by atoms with van der Waals surface area (Å²) in [7, 11) is 1.53. The van der Waals surface area contributed by atoms with E-state index in [2.05, 4.69) is 5.10 Å². The minimum Gasteiger partial charge on any atom is -0.497 e. The molecule has 2 saturated heterocycles. The molecular formula is C27H20FN3O4. The van der Waals surface area contributed by atoms with Crippen LogP contribution in [-0.4, -0.2) is 42.0 Å². The van der Waals surface area contributed by atoms with Gasteiger partial charge in [-0.25, -0.2) is 9.29 Å². The topological polar surface area (TPSA) is 79.3 Å². The zero-order valence-electron chi connectivity index (χ0n) is 18.7. The maximum Gasteiger partial charge on any atom is 0.240 e. The predicted molar refractivity (Wildman–Crippen MR) is 126 cm³/mol. The van der Waals surface area contributed by atoms with Gasteiger partial charge in [0.15, 0.2) is 5.78 Å². The van der Waals surface area contributed by atoms with E-state index < -0.39 is 41.6 Å². The number of carbonyl (C=O) groups excluding carboxylic acids is 3. The highest BCUT2D eigenvalue weighted by Gasteiger charge is 2.65. The van der Waals surface area contributed by atoms with Crippen LogP contribution in [0.15, 0.2) is 77.9 Å². The van der Waals surface area contributed by atoms with Crippen LogP contribution in [0.3, 0.4) is 0 Å². The number of hydrogen-bond acceptors (Lipinski definition) is 6. The maximum atomic E-state index is 14.7. The summed E-state index contributed by atoms with van der Waals surface area (Å²) >= 11 is 0. The number of ketones is 1. The predicted octanol–water partition coefficient (Wildman–Crippen LogP) is 3.60. The molecule has 174 valence electrons. The summed E-state index contributed by atoms with van der Waals surface area (Å²) in [6.07, 6.45) is 1.64. The molecule has 0 bridgehead atoms. The lowest BCUT2D eigenvalue weighted by Crippen LogP contribution is -2.44. The Morgan fingerprint density at radius 3 is 2.34 bits per heavy atom. The van der Waals surface area contributed by atoms with Crippen LogP contribution < -0.4 is 9.64 Å². The molecule has 4 atom stereocenters. The van der Waals surface area contributed by atoms with Crippen molar-refractivity contribution in [2.75, 3.05) is 12.0 Å². The SMILES string of the molecule is COc1ccc(C(=O)[C@H]2[C@H]3C(=O)N(c4ccccc4F)C(=O)[C@H]3[C@H]3c4ccccc4C=NN32)cc1. The number of halogens is 1. The number of methoxy groups -OCH3 is 1. The number of rotatable bonds is 4. The van der Waals surface area contributed by atoms with Gasteiger partial charge in [-0.1, -0.05) is 36.4 Å². The van der Waals surface area contributed by atoms with Crippen molar-refractivity contribution < 1.29 is 23.5 Å². The van der Waals surface area contributed by atoms with Gasteiger partial charge in [0, 0.05) is 5.56 Å². The van der Waals surface area contributed by atoms with Crippen LogP contribution in [0.4, 0.5) is 10.1 Å². The summed E-state index contributed by atoms with van der Waals surface area (Å²) in [6.45, 7) is 0. The monoisotopic (exact) mass is 469 g/mol. The zero-order chi connectivity index (χ0) is 24.3. The second-order valence-electron chi connectivity index (χ2n) is 8.75. The van der Waals surface area contributed by atoms with Crippen LogP contribution in [-0.2, 0) is 9.59 Å². The van der Waals surface area contributed by atoms with Gasteiger partial charge < -0.3 is 4.74 Å². The molecule has 35 heavy (non-hydrogen) atoms. The average molecular weight is 469 g/mol. The van der Waals surface area contributed by atoms with Crippen molar-refractivity contribution in [1.29, 1.82) is 0 Å². The molecule has 0 spiro atoms. The highest BCUT2D eigenvalue weighted by Crippen LogP contribution is 2.53. The number of Topliss-reactive ketones (excluding diaryl/α,β-unsaturated/α-hetero) is 1. The molecule has 3 aromatic carbocycles. The van der Waals surface area contributed by atoms with Gasteiger partial charge in [-0.05, 0) is 47.5 Å². The highest BCUT2D eigenvalue weighted by atomic mass is 19.1. The van der Waals surface area contributed by atoms with Gasteiger partial charge in [-0.3, -0.25) is 19.4 Å². The fourth-order valence-electron chi connectivity index (χ4n) is 5.47. The summed E-state index contributed by atoms with van der Waals surface area (Å²) in [5.41, 5.74) is 1.88. The number of hydrogen-bond donors (Lipinski definition) is 0. The van der Waals surface area contributed by atoms with Crippen LogP contribution in [0.25, 0.3) is 0 Å². The first kappa shape index (κ1) is 21.2. The van der Waals surface area contributed by atoms with E-state index in [1.54, 1.807) is 41.6 Å².